The van der Waals surface area contributed by atoms with Crippen LogP contribution in [0.1, 0.15) is 19.8 Å². The fourth-order valence-electron chi connectivity index (χ4n) is 3.32. The monoisotopic (exact) mass is 397 g/mol. The number of fused-ring (bicyclic) bond motifs is 2. The molecule has 7 heteroatoms. The van der Waals surface area contributed by atoms with E-state index in [2.05, 4.69) is 4.98 Å². The van der Waals surface area contributed by atoms with Gasteiger partial charge in [-0.25, -0.2) is 9.18 Å². The molecule has 2 aromatic carbocycles. The van der Waals surface area contributed by atoms with Gasteiger partial charge in [0.25, 0.3) is 5.56 Å². The van der Waals surface area contributed by atoms with Crippen molar-refractivity contribution in [1.29, 1.82) is 0 Å². The predicted molar refractivity (Wildman–Crippen MR) is 108 cm³/mol. The van der Waals surface area contributed by atoms with Crippen molar-refractivity contribution < 1.29 is 4.39 Å². The van der Waals surface area contributed by atoms with Crippen LogP contribution >= 0.6 is 11.6 Å². The van der Waals surface area contributed by atoms with E-state index in [1.54, 1.807) is 34.9 Å². The molecule has 0 saturated carbocycles. The zero-order chi connectivity index (χ0) is 19.8. The Morgan fingerprint density at radius 3 is 2.57 bits per heavy atom. The lowest BCUT2D eigenvalue weighted by molar-refractivity contribution is 0.582. The molecule has 2 aliphatic heterocycles. The second-order valence-corrected chi connectivity index (χ2v) is 6.98. The zero-order valence-corrected chi connectivity index (χ0v) is 15.9. The van der Waals surface area contributed by atoms with Gasteiger partial charge >= 0.3 is 5.69 Å². The Kier molecular flexibility index (Phi) is 4.73. The molecule has 28 heavy (non-hydrogen) atoms. The highest BCUT2D eigenvalue weighted by molar-refractivity contribution is 6.35. The van der Waals surface area contributed by atoms with E-state index >= 15 is 0 Å². The molecule has 2 heterocycles. The van der Waals surface area contributed by atoms with E-state index < -0.39 is 11.2 Å². The lowest BCUT2D eigenvalue weighted by Gasteiger charge is -2.19. The van der Waals surface area contributed by atoms with Crippen molar-refractivity contribution >= 4 is 22.5 Å². The second-order valence-electron chi connectivity index (χ2n) is 6.57. The lowest BCUT2D eigenvalue weighted by atomic mass is 10.1. The van der Waals surface area contributed by atoms with Gasteiger partial charge in [0.15, 0.2) is 5.82 Å². The molecule has 0 saturated heterocycles. The average Bonchev–Trinajstić information content (AvgIpc) is 2.68. The molecule has 0 atom stereocenters. The number of pyridine rings is 1. The maximum atomic E-state index is 13.4. The summed E-state index contributed by atoms with van der Waals surface area (Å²) in [6, 6.07) is 12.8. The van der Waals surface area contributed by atoms with Crippen LogP contribution in [0, 0.1) is 5.82 Å². The van der Waals surface area contributed by atoms with Crippen molar-refractivity contribution in [2.75, 3.05) is 0 Å². The number of aromatic nitrogens is 3. The third-order valence-corrected chi connectivity index (χ3v) is 5.07. The van der Waals surface area contributed by atoms with E-state index in [0.29, 0.717) is 40.1 Å². The molecule has 2 aromatic rings. The molecule has 0 aromatic heterocycles. The molecule has 0 fully saturated rings. The van der Waals surface area contributed by atoms with Crippen LogP contribution in [-0.4, -0.2) is 14.1 Å². The fraction of sp³-hybridized carbons (Fsp3) is 0.190. The zero-order valence-electron chi connectivity index (χ0n) is 15.2. The molecule has 0 aliphatic carbocycles. The molecular weight excluding hydrogens is 381 g/mol. The molecule has 0 bridgehead atoms. The van der Waals surface area contributed by atoms with Crippen LogP contribution in [0.25, 0.3) is 28.0 Å². The molecule has 0 radical (unpaired) electrons. The van der Waals surface area contributed by atoms with Gasteiger partial charge in [-0.2, -0.15) is 4.98 Å². The molecule has 5 nitrogen and oxygen atoms in total. The van der Waals surface area contributed by atoms with E-state index in [4.69, 9.17) is 11.6 Å². The quantitative estimate of drug-likeness (QED) is 0.484. The Hall–Kier alpha value is -2.99. The Morgan fingerprint density at radius 2 is 1.86 bits per heavy atom. The largest absolute Gasteiger partial charge is 0.352 e. The summed E-state index contributed by atoms with van der Waals surface area (Å²) in [4.78, 5) is 29.8. The summed E-state index contributed by atoms with van der Waals surface area (Å²) >= 11 is 6.38. The van der Waals surface area contributed by atoms with Crippen LogP contribution in [0.2, 0.25) is 5.02 Å². The first kappa shape index (κ1) is 18.4. The van der Waals surface area contributed by atoms with Crippen molar-refractivity contribution in [3.05, 3.63) is 80.2 Å². The van der Waals surface area contributed by atoms with Gasteiger partial charge in [-0.1, -0.05) is 31.0 Å². The Bertz CT molecular complexity index is 1260. The SMILES string of the molecule is CCCCn1c(=O)nc2n(-c3ccc(F)cc3)c3cccc(Cl)c3cc-2c1=O. The van der Waals surface area contributed by atoms with Gasteiger partial charge in [-0.3, -0.25) is 13.9 Å². The standard InChI is InChI=1S/C21H17ClFN3O2/c1-2-3-11-25-20(27)16-12-15-17(22)5-4-6-18(15)26(19(16)24-21(25)28)14-9-7-13(23)8-10-14/h4-10,12H,2-3,11H2,1H3. The van der Waals surface area contributed by atoms with Crippen molar-refractivity contribution in [1.82, 2.24) is 14.1 Å². The summed E-state index contributed by atoms with van der Waals surface area (Å²) in [6.45, 7) is 2.30. The molecule has 0 amide bonds. The number of halogens is 2. The van der Waals surface area contributed by atoms with Crippen LogP contribution < -0.4 is 11.2 Å². The Labute approximate surface area is 165 Å². The third kappa shape index (κ3) is 2.99. The first-order valence-electron chi connectivity index (χ1n) is 9.02. The van der Waals surface area contributed by atoms with Crippen LogP contribution in [0.4, 0.5) is 4.39 Å². The predicted octanol–water partition coefficient (Wildman–Crippen LogP) is 4.24. The third-order valence-electron chi connectivity index (χ3n) is 4.74. The van der Waals surface area contributed by atoms with E-state index in [0.717, 1.165) is 11.0 Å². The fourth-order valence-corrected chi connectivity index (χ4v) is 3.55. The highest BCUT2D eigenvalue weighted by atomic mass is 35.5. The van der Waals surface area contributed by atoms with Crippen molar-refractivity contribution in [3.8, 4) is 17.1 Å². The van der Waals surface area contributed by atoms with E-state index in [-0.39, 0.29) is 11.6 Å². The normalized spacial score (nSPS) is 11.4. The minimum Gasteiger partial charge on any atom is -0.294 e. The van der Waals surface area contributed by atoms with E-state index in [9.17, 15) is 14.0 Å². The molecule has 142 valence electrons. The van der Waals surface area contributed by atoms with Gasteiger partial charge in [-0.15, -0.1) is 0 Å². The molecule has 2 aliphatic rings. The number of rotatable bonds is 4. The summed E-state index contributed by atoms with van der Waals surface area (Å²) in [5.74, 6) is -0.157. The molecule has 0 spiro atoms. The van der Waals surface area contributed by atoms with Crippen LogP contribution in [-0.2, 0) is 6.54 Å². The number of hydrogen-bond donors (Lipinski definition) is 0. The smallest absolute Gasteiger partial charge is 0.294 e. The van der Waals surface area contributed by atoms with Crippen LogP contribution in [0.5, 0.6) is 0 Å². The minimum absolute atomic E-state index is 0.226. The van der Waals surface area contributed by atoms with Gasteiger partial charge in [0.2, 0.25) is 0 Å². The first-order valence-corrected chi connectivity index (χ1v) is 9.40. The maximum Gasteiger partial charge on any atom is 0.352 e. The molecule has 0 unspecified atom stereocenters. The molecule has 0 N–H and O–H groups in total. The Morgan fingerprint density at radius 1 is 1.11 bits per heavy atom. The highest BCUT2D eigenvalue weighted by Gasteiger charge is 2.21. The van der Waals surface area contributed by atoms with Gasteiger partial charge < -0.3 is 0 Å². The molecular formula is C21H17ClFN3O2. The van der Waals surface area contributed by atoms with Crippen molar-refractivity contribution in [3.63, 3.8) is 0 Å². The van der Waals surface area contributed by atoms with Crippen molar-refractivity contribution in [2.24, 2.45) is 0 Å². The summed E-state index contributed by atoms with van der Waals surface area (Å²) in [5.41, 5.74) is 0.547. The van der Waals surface area contributed by atoms with Crippen LogP contribution in [0.3, 0.4) is 0 Å². The highest BCUT2D eigenvalue weighted by Crippen LogP contribution is 2.31. The number of hydrogen-bond acceptors (Lipinski definition) is 3. The van der Waals surface area contributed by atoms with Gasteiger partial charge in [0, 0.05) is 22.6 Å². The summed E-state index contributed by atoms with van der Waals surface area (Å²) in [5, 5.41) is 1.13. The van der Waals surface area contributed by atoms with E-state index in [1.807, 2.05) is 13.0 Å². The lowest BCUT2D eigenvalue weighted by Crippen LogP contribution is -2.38. The van der Waals surface area contributed by atoms with Gasteiger partial charge in [0.1, 0.15) is 5.82 Å². The molecule has 4 rings (SSSR count). The van der Waals surface area contributed by atoms with E-state index in [1.165, 1.54) is 12.1 Å². The number of benzene rings is 2. The summed E-state index contributed by atoms with van der Waals surface area (Å²) in [6.07, 6.45) is 1.55. The number of nitrogens with zero attached hydrogens (tertiary/aromatic N) is 3. The summed E-state index contributed by atoms with van der Waals surface area (Å²) in [7, 11) is 0. The topological polar surface area (TPSA) is 56.9 Å². The first-order chi connectivity index (χ1) is 13.5. The van der Waals surface area contributed by atoms with Gasteiger partial charge in [-0.05, 0) is 48.9 Å². The summed E-state index contributed by atoms with van der Waals surface area (Å²) < 4.78 is 16.3. The van der Waals surface area contributed by atoms with Gasteiger partial charge in [0.05, 0.1) is 11.1 Å². The maximum absolute atomic E-state index is 13.4. The van der Waals surface area contributed by atoms with Crippen LogP contribution in [0.15, 0.2) is 58.1 Å². The second kappa shape index (κ2) is 7.20. The van der Waals surface area contributed by atoms with Crippen molar-refractivity contribution in [2.45, 2.75) is 26.3 Å². The number of unbranched alkanes of at least 4 members (excludes halogenated alkanes) is 1. The average molecular weight is 398 g/mol. The minimum atomic E-state index is -0.594. The Balaban J connectivity index is 2.15.